The molecule has 1 aromatic carbocycles. The second-order valence-corrected chi connectivity index (χ2v) is 8.51. The van der Waals surface area contributed by atoms with Crippen molar-refractivity contribution < 1.29 is 33.4 Å². The van der Waals surface area contributed by atoms with Crippen LogP contribution in [-0.4, -0.2) is 58.8 Å². The lowest BCUT2D eigenvalue weighted by Gasteiger charge is -2.43. The topological polar surface area (TPSA) is 102 Å². The van der Waals surface area contributed by atoms with Crippen molar-refractivity contribution in [2.75, 3.05) is 13.2 Å². The van der Waals surface area contributed by atoms with Gasteiger partial charge in [-0.3, -0.25) is 9.59 Å². The predicted molar refractivity (Wildman–Crippen MR) is 115 cm³/mol. The van der Waals surface area contributed by atoms with Gasteiger partial charge in [-0.1, -0.05) is 30.3 Å². The summed E-state index contributed by atoms with van der Waals surface area (Å²) in [5.74, 6) is -3.32. The molecule has 9 nitrogen and oxygen atoms in total. The van der Waals surface area contributed by atoms with Gasteiger partial charge in [-0.25, -0.2) is 19.6 Å². The molecular weight excluding hydrogens is 416 g/mol. The molecule has 2 atom stereocenters. The number of hydrogen-bond donors (Lipinski definition) is 0. The van der Waals surface area contributed by atoms with Crippen LogP contribution in [0.15, 0.2) is 30.3 Å². The van der Waals surface area contributed by atoms with Gasteiger partial charge >= 0.3 is 18.0 Å². The first-order valence-electron chi connectivity index (χ1n) is 10.8. The number of benzene rings is 1. The molecule has 176 valence electrons. The maximum Gasteiger partial charge on any atom is 0.429 e. The molecule has 0 aromatic heterocycles. The van der Waals surface area contributed by atoms with E-state index in [1.165, 1.54) is 6.92 Å². The van der Waals surface area contributed by atoms with E-state index < -0.39 is 41.5 Å². The maximum absolute atomic E-state index is 13.3. The predicted octanol–water partition coefficient (Wildman–Crippen LogP) is 3.07. The van der Waals surface area contributed by atoms with Crippen LogP contribution in [-0.2, 0) is 35.2 Å². The summed E-state index contributed by atoms with van der Waals surface area (Å²) in [6.07, 6.45) is -0.0351. The second-order valence-electron chi connectivity index (χ2n) is 8.51. The van der Waals surface area contributed by atoms with Crippen molar-refractivity contribution in [1.82, 2.24) is 10.0 Å². The molecule has 1 saturated heterocycles. The Balaban J connectivity index is 2.28. The zero-order chi connectivity index (χ0) is 23.9. The molecule has 0 aliphatic carbocycles. The highest BCUT2D eigenvalue weighted by molar-refractivity contribution is 5.99. The molecule has 0 spiro atoms. The minimum absolute atomic E-state index is 0.00272. The average molecular weight is 449 g/mol. The van der Waals surface area contributed by atoms with E-state index in [-0.39, 0.29) is 19.8 Å². The van der Waals surface area contributed by atoms with Crippen molar-refractivity contribution in [3.05, 3.63) is 35.9 Å². The normalized spacial score (nSPS) is 17.3. The summed E-state index contributed by atoms with van der Waals surface area (Å²) in [6, 6.07) is 8.03. The summed E-state index contributed by atoms with van der Waals surface area (Å²) in [5.41, 5.74) is -0.00593. The second kappa shape index (κ2) is 11.0. The molecule has 0 N–H and O–H groups in total. The Labute approximate surface area is 188 Å². The minimum Gasteiger partial charge on any atom is -0.465 e. The van der Waals surface area contributed by atoms with Crippen LogP contribution >= 0.6 is 0 Å². The van der Waals surface area contributed by atoms with Crippen molar-refractivity contribution in [1.29, 1.82) is 0 Å². The van der Waals surface area contributed by atoms with E-state index in [0.717, 1.165) is 15.6 Å². The highest BCUT2D eigenvalue weighted by Gasteiger charge is 2.45. The number of ether oxygens (including phenoxy) is 3. The molecule has 0 radical (unpaired) electrons. The standard InChI is InChI=1S/C23H32N2O7/c1-6-30-20(27)16(2)19(26)25-18(21(28)32-23(3,4)5)13-10-14-24(25)22(29)31-15-17-11-8-7-9-12-17/h7-9,11-12,16,18H,6,10,13-15H2,1-5H3. The van der Waals surface area contributed by atoms with Crippen LogP contribution in [0.25, 0.3) is 0 Å². The molecule has 9 heteroatoms. The van der Waals surface area contributed by atoms with Crippen LogP contribution < -0.4 is 0 Å². The van der Waals surface area contributed by atoms with Gasteiger partial charge in [0, 0.05) is 6.54 Å². The summed E-state index contributed by atoms with van der Waals surface area (Å²) in [7, 11) is 0. The van der Waals surface area contributed by atoms with Crippen LogP contribution in [0.5, 0.6) is 0 Å². The summed E-state index contributed by atoms with van der Waals surface area (Å²) in [6.45, 7) is 8.43. The molecular formula is C23H32N2O7. The molecule has 1 fully saturated rings. The van der Waals surface area contributed by atoms with Crippen molar-refractivity contribution in [3.63, 3.8) is 0 Å². The summed E-state index contributed by atoms with van der Waals surface area (Å²) in [5, 5.41) is 2.09. The van der Waals surface area contributed by atoms with E-state index in [0.29, 0.717) is 12.8 Å². The fourth-order valence-corrected chi connectivity index (χ4v) is 3.23. The third kappa shape index (κ3) is 6.70. The summed E-state index contributed by atoms with van der Waals surface area (Å²) >= 11 is 0. The van der Waals surface area contributed by atoms with Gasteiger partial charge in [0.05, 0.1) is 6.61 Å². The fourth-order valence-electron chi connectivity index (χ4n) is 3.23. The molecule has 2 rings (SSSR count). The molecule has 1 aromatic rings. The molecule has 0 bridgehead atoms. The molecule has 32 heavy (non-hydrogen) atoms. The Kier molecular flexibility index (Phi) is 8.63. The zero-order valence-corrected chi connectivity index (χ0v) is 19.3. The minimum atomic E-state index is -1.21. The first-order valence-corrected chi connectivity index (χ1v) is 10.8. The van der Waals surface area contributed by atoms with E-state index >= 15 is 0 Å². The van der Waals surface area contributed by atoms with Crippen LogP contribution in [0.3, 0.4) is 0 Å². The largest absolute Gasteiger partial charge is 0.465 e. The number of carbonyl (C=O) groups excluding carboxylic acids is 4. The Morgan fingerprint density at radius 2 is 1.75 bits per heavy atom. The highest BCUT2D eigenvalue weighted by Crippen LogP contribution is 2.25. The first kappa shape index (κ1) is 25.2. The monoisotopic (exact) mass is 448 g/mol. The molecule has 0 saturated carbocycles. The van der Waals surface area contributed by atoms with Gasteiger partial charge in [0.15, 0.2) is 6.04 Å². The van der Waals surface area contributed by atoms with Gasteiger partial charge in [0.2, 0.25) is 0 Å². The Bertz CT molecular complexity index is 819. The molecule has 2 amide bonds. The lowest BCUT2D eigenvalue weighted by atomic mass is 10.0. The first-order chi connectivity index (χ1) is 15.0. The number of esters is 2. The number of hydrazine groups is 1. The van der Waals surface area contributed by atoms with Crippen LogP contribution in [0.1, 0.15) is 53.0 Å². The smallest absolute Gasteiger partial charge is 0.429 e. The fraction of sp³-hybridized carbons (Fsp3) is 0.565. The van der Waals surface area contributed by atoms with Crippen molar-refractivity contribution in [2.24, 2.45) is 5.92 Å². The SMILES string of the molecule is CCOC(=O)C(C)C(=O)N1C(C(=O)OC(C)(C)C)CCCN1C(=O)OCc1ccccc1. The van der Waals surface area contributed by atoms with E-state index in [9.17, 15) is 19.2 Å². The van der Waals surface area contributed by atoms with Gasteiger partial charge in [-0.2, -0.15) is 0 Å². The molecule has 1 heterocycles. The van der Waals surface area contributed by atoms with Crippen molar-refractivity contribution in [2.45, 2.75) is 65.7 Å². The number of nitrogens with zero attached hydrogens (tertiary/aromatic N) is 2. The van der Waals surface area contributed by atoms with Crippen LogP contribution in [0.4, 0.5) is 4.79 Å². The maximum atomic E-state index is 13.3. The lowest BCUT2D eigenvalue weighted by Crippen LogP contribution is -2.62. The van der Waals surface area contributed by atoms with Gasteiger partial charge < -0.3 is 14.2 Å². The van der Waals surface area contributed by atoms with E-state index in [4.69, 9.17) is 14.2 Å². The van der Waals surface area contributed by atoms with Crippen molar-refractivity contribution >= 4 is 23.9 Å². The lowest BCUT2D eigenvalue weighted by molar-refractivity contribution is -0.185. The Morgan fingerprint density at radius 1 is 1.09 bits per heavy atom. The summed E-state index contributed by atoms with van der Waals surface area (Å²) in [4.78, 5) is 51.2. The van der Waals surface area contributed by atoms with Crippen molar-refractivity contribution in [3.8, 4) is 0 Å². The Hall–Kier alpha value is -3.10. The number of amides is 2. The number of rotatable bonds is 6. The molecule has 1 aliphatic heterocycles. The zero-order valence-electron chi connectivity index (χ0n) is 19.3. The molecule has 1 aliphatic rings. The van der Waals surface area contributed by atoms with Crippen LogP contribution in [0, 0.1) is 5.92 Å². The number of carbonyl (C=O) groups is 4. The van der Waals surface area contributed by atoms with E-state index in [1.807, 2.05) is 18.2 Å². The third-order valence-corrected chi connectivity index (χ3v) is 4.73. The average Bonchev–Trinajstić information content (AvgIpc) is 2.75. The quantitative estimate of drug-likeness (QED) is 0.374. The highest BCUT2D eigenvalue weighted by atomic mass is 16.6. The van der Waals surface area contributed by atoms with Gasteiger partial charge in [-0.15, -0.1) is 0 Å². The number of hydrogen-bond acceptors (Lipinski definition) is 7. The Morgan fingerprint density at radius 3 is 2.34 bits per heavy atom. The molecule has 2 unspecified atom stereocenters. The van der Waals surface area contributed by atoms with E-state index in [2.05, 4.69) is 0 Å². The van der Waals surface area contributed by atoms with E-state index in [1.54, 1.807) is 39.8 Å². The van der Waals surface area contributed by atoms with Gasteiger partial charge in [0.25, 0.3) is 5.91 Å². The van der Waals surface area contributed by atoms with Crippen LogP contribution in [0.2, 0.25) is 0 Å². The van der Waals surface area contributed by atoms with Gasteiger partial charge in [0.1, 0.15) is 18.1 Å². The summed E-state index contributed by atoms with van der Waals surface area (Å²) < 4.78 is 15.8. The third-order valence-electron chi connectivity index (χ3n) is 4.73. The van der Waals surface area contributed by atoms with Gasteiger partial charge in [-0.05, 0) is 53.0 Å².